The SMILES string of the molecule is COc1c(C)cnc(CNC(=O)c2c(C(C)C)n[nH]c2C)c1C. The smallest absolute Gasteiger partial charge is 0.255 e. The lowest BCUT2D eigenvalue weighted by molar-refractivity contribution is 0.0948. The minimum absolute atomic E-state index is 0.138. The summed E-state index contributed by atoms with van der Waals surface area (Å²) < 4.78 is 5.40. The molecule has 0 aromatic carbocycles. The van der Waals surface area contributed by atoms with E-state index in [9.17, 15) is 4.79 Å². The Morgan fingerprint density at radius 2 is 2.04 bits per heavy atom. The van der Waals surface area contributed by atoms with Gasteiger partial charge in [0.1, 0.15) is 5.75 Å². The Hall–Kier alpha value is -2.37. The zero-order valence-electron chi connectivity index (χ0n) is 14.6. The van der Waals surface area contributed by atoms with Crippen LogP contribution in [0.3, 0.4) is 0 Å². The van der Waals surface area contributed by atoms with Crippen molar-refractivity contribution in [3.05, 3.63) is 40.0 Å². The van der Waals surface area contributed by atoms with Crippen LogP contribution in [-0.2, 0) is 6.54 Å². The summed E-state index contributed by atoms with van der Waals surface area (Å²) in [6, 6.07) is 0. The first-order chi connectivity index (χ1) is 10.9. The third kappa shape index (κ3) is 3.36. The van der Waals surface area contributed by atoms with Gasteiger partial charge in [0.15, 0.2) is 0 Å². The van der Waals surface area contributed by atoms with Gasteiger partial charge in [-0.25, -0.2) is 0 Å². The number of H-pyrrole nitrogens is 1. The zero-order chi connectivity index (χ0) is 17.1. The van der Waals surface area contributed by atoms with Gasteiger partial charge in [-0.1, -0.05) is 13.8 Å². The highest BCUT2D eigenvalue weighted by Gasteiger charge is 2.20. The van der Waals surface area contributed by atoms with E-state index in [0.717, 1.165) is 34.0 Å². The van der Waals surface area contributed by atoms with Crippen molar-refractivity contribution in [2.24, 2.45) is 0 Å². The molecule has 0 saturated carbocycles. The van der Waals surface area contributed by atoms with Crippen LogP contribution in [0.15, 0.2) is 6.20 Å². The number of methoxy groups -OCH3 is 1. The van der Waals surface area contributed by atoms with Crippen molar-refractivity contribution in [1.82, 2.24) is 20.5 Å². The second kappa shape index (κ2) is 6.81. The molecule has 0 aliphatic carbocycles. The van der Waals surface area contributed by atoms with Gasteiger partial charge >= 0.3 is 0 Å². The molecule has 0 radical (unpaired) electrons. The molecule has 0 unspecified atom stereocenters. The van der Waals surface area contributed by atoms with Crippen molar-refractivity contribution in [1.29, 1.82) is 0 Å². The molecule has 6 heteroatoms. The maximum Gasteiger partial charge on any atom is 0.255 e. The number of nitrogens with one attached hydrogen (secondary N) is 2. The number of ether oxygens (including phenoxy) is 1. The van der Waals surface area contributed by atoms with E-state index in [1.165, 1.54) is 0 Å². The molecule has 124 valence electrons. The Morgan fingerprint density at radius 3 is 2.65 bits per heavy atom. The van der Waals surface area contributed by atoms with Crippen molar-refractivity contribution in [2.75, 3.05) is 7.11 Å². The van der Waals surface area contributed by atoms with E-state index in [2.05, 4.69) is 20.5 Å². The fraction of sp³-hybridized carbons (Fsp3) is 0.471. The molecule has 0 aliphatic heterocycles. The monoisotopic (exact) mass is 316 g/mol. The van der Waals surface area contributed by atoms with Crippen molar-refractivity contribution in [3.63, 3.8) is 0 Å². The number of carbonyl (C=O) groups excluding carboxylic acids is 1. The number of hydrogen-bond donors (Lipinski definition) is 2. The second-order valence-electron chi connectivity index (χ2n) is 5.99. The van der Waals surface area contributed by atoms with E-state index in [-0.39, 0.29) is 11.8 Å². The molecule has 6 nitrogen and oxygen atoms in total. The molecule has 0 spiro atoms. The Morgan fingerprint density at radius 1 is 1.35 bits per heavy atom. The summed E-state index contributed by atoms with van der Waals surface area (Å²) in [6.45, 7) is 10.1. The van der Waals surface area contributed by atoms with Gasteiger partial charge in [0.2, 0.25) is 0 Å². The number of pyridine rings is 1. The fourth-order valence-electron chi connectivity index (χ4n) is 2.65. The van der Waals surface area contributed by atoms with Crippen LogP contribution in [-0.4, -0.2) is 28.2 Å². The van der Waals surface area contributed by atoms with E-state index >= 15 is 0 Å². The van der Waals surface area contributed by atoms with E-state index < -0.39 is 0 Å². The van der Waals surface area contributed by atoms with Gasteiger partial charge in [-0.2, -0.15) is 5.10 Å². The summed E-state index contributed by atoms with van der Waals surface area (Å²) in [4.78, 5) is 16.9. The van der Waals surface area contributed by atoms with Gasteiger partial charge in [-0.05, 0) is 26.7 Å². The molecule has 0 atom stereocenters. The summed E-state index contributed by atoms with van der Waals surface area (Å²) in [5.74, 6) is 0.854. The van der Waals surface area contributed by atoms with Crippen molar-refractivity contribution < 1.29 is 9.53 Å². The first-order valence-corrected chi connectivity index (χ1v) is 7.68. The van der Waals surface area contributed by atoms with E-state index in [4.69, 9.17) is 4.74 Å². The molecule has 0 aliphatic rings. The zero-order valence-corrected chi connectivity index (χ0v) is 14.6. The lowest BCUT2D eigenvalue weighted by atomic mass is 10.0. The summed E-state index contributed by atoms with van der Waals surface area (Å²) >= 11 is 0. The van der Waals surface area contributed by atoms with Gasteiger partial charge in [-0.15, -0.1) is 0 Å². The molecular weight excluding hydrogens is 292 g/mol. The number of amides is 1. The van der Waals surface area contributed by atoms with Crippen LogP contribution in [0.25, 0.3) is 0 Å². The van der Waals surface area contributed by atoms with Gasteiger partial charge < -0.3 is 10.1 Å². The average Bonchev–Trinajstić information content (AvgIpc) is 2.89. The van der Waals surface area contributed by atoms with Gasteiger partial charge in [-0.3, -0.25) is 14.9 Å². The quantitative estimate of drug-likeness (QED) is 0.889. The molecule has 2 aromatic heterocycles. The summed E-state index contributed by atoms with van der Waals surface area (Å²) in [6.07, 6.45) is 1.76. The molecule has 0 fully saturated rings. The third-order valence-electron chi connectivity index (χ3n) is 3.92. The van der Waals surface area contributed by atoms with E-state index in [0.29, 0.717) is 12.1 Å². The lowest BCUT2D eigenvalue weighted by Gasteiger charge is -2.13. The van der Waals surface area contributed by atoms with E-state index in [1.807, 2.05) is 34.6 Å². The number of hydrogen-bond acceptors (Lipinski definition) is 4. The lowest BCUT2D eigenvalue weighted by Crippen LogP contribution is -2.25. The minimum atomic E-state index is -0.138. The molecule has 0 bridgehead atoms. The number of carbonyl (C=O) groups is 1. The molecule has 2 aromatic rings. The standard InChI is InChI=1S/C17H24N4O2/c1-9(2)15-14(12(5)20-21-15)17(22)19-8-13-11(4)16(23-6)10(3)7-18-13/h7,9H,8H2,1-6H3,(H,19,22)(H,20,21). The summed E-state index contributed by atoms with van der Waals surface area (Å²) in [7, 11) is 1.64. The minimum Gasteiger partial charge on any atom is -0.496 e. The maximum atomic E-state index is 12.5. The third-order valence-corrected chi connectivity index (χ3v) is 3.92. The highest BCUT2D eigenvalue weighted by Crippen LogP contribution is 2.24. The Labute approximate surface area is 136 Å². The van der Waals surface area contributed by atoms with Crippen LogP contribution in [0.5, 0.6) is 5.75 Å². The predicted molar refractivity (Wildman–Crippen MR) is 88.8 cm³/mol. The predicted octanol–water partition coefficient (Wildman–Crippen LogP) is 2.79. The molecule has 0 saturated heterocycles. The first-order valence-electron chi connectivity index (χ1n) is 7.68. The topological polar surface area (TPSA) is 79.9 Å². The van der Waals surface area contributed by atoms with E-state index in [1.54, 1.807) is 13.3 Å². The van der Waals surface area contributed by atoms with Crippen LogP contribution in [0.1, 0.15) is 58.3 Å². The Kier molecular flexibility index (Phi) is 5.03. The van der Waals surface area contributed by atoms with Crippen LogP contribution < -0.4 is 10.1 Å². The molecule has 1 amide bonds. The largest absolute Gasteiger partial charge is 0.496 e. The van der Waals surface area contributed by atoms with Crippen molar-refractivity contribution in [2.45, 2.75) is 47.1 Å². The second-order valence-corrected chi connectivity index (χ2v) is 5.99. The van der Waals surface area contributed by atoms with Gasteiger partial charge in [0.25, 0.3) is 5.91 Å². The van der Waals surface area contributed by atoms with Crippen LogP contribution in [0.4, 0.5) is 0 Å². The number of rotatable bonds is 5. The molecule has 23 heavy (non-hydrogen) atoms. The molecule has 2 heterocycles. The highest BCUT2D eigenvalue weighted by atomic mass is 16.5. The first kappa shape index (κ1) is 17.0. The summed E-state index contributed by atoms with van der Waals surface area (Å²) in [5.41, 5.74) is 4.90. The molecular formula is C17H24N4O2. The number of nitrogens with zero attached hydrogens (tertiary/aromatic N) is 2. The highest BCUT2D eigenvalue weighted by molar-refractivity contribution is 5.96. The van der Waals surface area contributed by atoms with Crippen LogP contribution in [0.2, 0.25) is 0 Å². The number of aromatic amines is 1. The van der Waals surface area contributed by atoms with Gasteiger partial charge in [0, 0.05) is 23.0 Å². The Balaban J connectivity index is 2.19. The van der Waals surface area contributed by atoms with Crippen molar-refractivity contribution >= 4 is 5.91 Å². The van der Waals surface area contributed by atoms with Crippen LogP contribution in [0, 0.1) is 20.8 Å². The summed E-state index contributed by atoms with van der Waals surface area (Å²) in [5, 5.41) is 10.0. The van der Waals surface area contributed by atoms with Crippen molar-refractivity contribution in [3.8, 4) is 5.75 Å². The number of aromatic nitrogens is 3. The maximum absolute atomic E-state index is 12.5. The van der Waals surface area contributed by atoms with Gasteiger partial charge in [0.05, 0.1) is 30.6 Å². The fourth-order valence-corrected chi connectivity index (χ4v) is 2.65. The average molecular weight is 316 g/mol. The van der Waals surface area contributed by atoms with Crippen LogP contribution >= 0.6 is 0 Å². The normalized spacial score (nSPS) is 10.9. The Bertz CT molecular complexity index is 720. The molecule has 2 N–H and O–H groups in total. The number of aryl methyl sites for hydroxylation is 2. The molecule has 2 rings (SSSR count).